The Bertz CT molecular complexity index is 248. The van der Waals surface area contributed by atoms with Gasteiger partial charge in [-0.25, -0.2) is 8.42 Å². The number of hydrogen-bond donors (Lipinski definition) is 1. The normalized spacial score (nSPS) is 29.8. The monoisotopic (exact) mass is 205 g/mol. The quantitative estimate of drug-likeness (QED) is 0.741. The van der Waals surface area contributed by atoms with E-state index in [1.165, 1.54) is 0 Å². The molecule has 1 N–H and O–H groups in total. The lowest BCUT2D eigenvalue weighted by molar-refractivity contribution is 0.404. The van der Waals surface area contributed by atoms with Crippen molar-refractivity contribution in [3.63, 3.8) is 0 Å². The molecule has 0 radical (unpaired) electrons. The first-order chi connectivity index (χ1) is 6.03. The summed E-state index contributed by atoms with van der Waals surface area (Å²) in [6.45, 7) is 2.10. The third-order valence-corrected chi connectivity index (χ3v) is 4.63. The van der Waals surface area contributed by atoms with E-state index in [0.29, 0.717) is 23.5 Å². The minimum absolute atomic E-state index is 0.376. The van der Waals surface area contributed by atoms with Gasteiger partial charge in [0.25, 0.3) is 0 Å². The van der Waals surface area contributed by atoms with Crippen LogP contribution in [0.4, 0.5) is 0 Å². The fourth-order valence-corrected chi connectivity index (χ4v) is 3.72. The fraction of sp³-hybridized carbons (Fsp3) is 1.00. The molecule has 0 spiro atoms. The summed E-state index contributed by atoms with van der Waals surface area (Å²) < 4.78 is 22.6. The minimum Gasteiger partial charge on any atom is -0.317 e. The Morgan fingerprint density at radius 3 is 2.77 bits per heavy atom. The molecule has 0 aromatic heterocycles. The Hall–Kier alpha value is -0.0900. The maximum absolute atomic E-state index is 11.3. The average Bonchev–Trinajstić information content (AvgIpc) is 2.02. The van der Waals surface area contributed by atoms with Crippen LogP contribution < -0.4 is 5.32 Å². The Labute approximate surface area is 80.8 Å². The summed E-state index contributed by atoms with van der Waals surface area (Å²) in [7, 11) is -0.795. The first-order valence-corrected chi connectivity index (χ1v) is 6.73. The second kappa shape index (κ2) is 4.42. The summed E-state index contributed by atoms with van der Waals surface area (Å²) in [5.41, 5.74) is 0. The van der Waals surface area contributed by atoms with Crippen LogP contribution in [0.15, 0.2) is 0 Å². The van der Waals surface area contributed by atoms with E-state index in [2.05, 4.69) is 12.2 Å². The van der Waals surface area contributed by atoms with Gasteiger partial charge in [0.1, 0.15) is 0 Å². The van der Waals surface area contributed by atoms with Crippen LogP contribution >= 0.6 is 0 Å². The van der Waals surface area contributed by atoms with Crippen LogP contribution in [0.25, 0.3) is 0 Å². The molecule has 4 heteroatoms. The molecule has 0 amide bonds. The molecule has 1 heterocycles. The second-order valence-electron chi connectivity index (χ2n) is 4.05. The summed E-state index contributed by atoms with van der Waals surface area (Å²) in [6, 6.07) is 0.429. The van der Waals surface area contributed by atoms with Gasteiger partial charge in [0.15, 0.2) is 9.84 Å². The Morgan fingerprint density at radius 1 is 1.54 bits per heavy atom. The molecule has 0 aromatic rings. The van der Waals surface area contributed by atoms with Crippen LogP contribution in [-0.4, -0.2) is 33.0 Å². The molecule has 3 nitrogen and oxygen atoms in total. The number of sulfone groups is 1. The highest BCUT2D eigenvalue weighted by atomic mass is 32.2. The molecule has 1 rings (SSSR count). The van der Waals surface area contributed by atoms with Crippen LogP contribution in [0.5, 0.6) is 0 Å². The van der Waals surface area contributed by atoms with Gasteiger partial charge in [-0.3, -0.25) is 0 Å². The largest absolute Gasteiger partial charge is 0.317 e. The molecule has 0 aliphatic carbocycles. The number of rotatable bonds is 3. The van der Waals surface area contributed by atoms with Crippen molar-refractivity contribution in [1.29, 1.82) is 0 Å². The van der Waals surface area contributed by atoms with E-state index in [1.807, 2.05) is 7.05 Å². The van der Waals surface area contributed by atoms with Crippen molar-refractivity contribution >= 4 is 9.84 Å². The smallest absolute Gasteiger partial charge is 0.150 e. The van der Waals surface area contributed by atoms with Gasteiger partial charge in [-0.2, -0.15) is 0 Å². The fourth-order valence-electron chi connectivity index (χ4n) is 1.92. The van der Waals surface area contributed by atoms with Gasteiger partial charge in [0.2, 0.25) is 0 Å². The molecule has 0 bridgehead atoms. The van der Waals surface area contributed by atoms with Crippen LogP contribution in [0.3, 0.4) is 0 Å². The Morgan fingerprint density at radius 2 is 2.23 bits per heavy atom. The van der Waals surface area contributed by atoms with E-state index >= 15 is 0 Å². The maximum Gasteiger partial charge on any atom is 0.150 e. The summed E-state index contributed by atoms with van der Waals surface area (Å²) >= 11 is 0. The minimum atomic E-state index is -2.71. The summed E-state index contributed by atoms with van der Waals surface area (Å²) in [5.74, 6) is 1.18. The molecular formula is C9H19NO2S. The molecule has 1 aliphatic heterocycles. The van der Waals surface area contributed by atoms with E-state index in [-0.39, 0.29) is 0 Å². The number of hydrogen-bond acceptors (Lipinski definition) is 3. The molecule has 0 aromatic carbocycles. The lowest BCUT2D eigenvalue weighted by Gasteiger charge is -2.24. The zero-order chi connectivity index (χ0) is 9.90. The molecule has 0 saturated carbocycles. The van der Waals surface area contributed by atoms with Crippen LogP contribution in [0.1, 0.15) is 26.2 Å². The van der Waals surface area contributed by atoms with E-state index in [9.17, 15) is 8.42 Å². The predicted molar refractivity (Wildman–Crippen MR) is 54.5 cm³/mol. The van der Waals surface area contributed by atoms with E-state index in [4.69, 9.17) is 0 Å². The molecule has 2 atom stereocenters. The first kappa shape index (κ1) is 11.0. The van der Waals surface area contributed by atoms with Crippen molar-refractivity contribution in [2.24, 2.45) is 5.92 Å². The molecule has 2 unspecified atom stereocenters. The standard InChI is InChI=1S/C9H19NO2S/c1-8(10-2)6-9-4-3-5-13(11,12)7-9/h8-10H,3-7H2,1-2H3. The van der Waals surface area contributed by atoms with Crippen LogP contribution in [0.2, 0.25) is 0 Å². The van der Waals surface area contributed by atoms with Gasteiger partial charge >= 0.3 is 0 Å². The van der Waals surface area contributed by atoms with Gasteiger partial charge < -0.3 is 5.32 Å². The van der Waals surface area contributed by atoms with Gasteiger partial charge in [0, 0.05) is 6.04 Å². The van der Waals surface area contributed by atoms with Gasteiger partial charge in [-0.1, -0.05) is 0 Å². The molecule has 1 saturated heterocycles. The van der Waals surface area contributed by atoms with Crippen LogP contribution in [0, 0.1) is 5.92 Å². The van der Waals surface area contributed by atoms with Crippen LogP contribution in [-0.2, 0) is 9.84 Å². The Balaban J connectivity index is 2.43. The predicted octanol–water partition coefficient (Wildman–Crippen LogP) is 0.809. The summed E-state index contributed by atoms with van der Waals surface area (Å²) in [4.78, 5) is 0. The first-order valence-electron chi connectivity index (χ1n) is 4.91. The molecule has 1 fully saturated rings. The van der Waals surface area contributed by atoms with Gasteiger partial charge in [0.05, 0.1) is 11.5 Å². The van der Waals surface area contributed by atoms with E-state index in [0.717, 1.165) is 19.3 Å². The van der Waals surface area contributed by atoms with E-state index in [1.54, 1.807) is 0 Å². The Kier molecular flexibility index (Phi) is 3.74. The van der Waals surface area contributed by atoms with E-state index < -0.39 is 9.84 Å². The van der Waals surface area contributed by atoms with Crippen molar-refractivity contribution in [1.82, 2.24) is 5.32 Å². The highest BCUT2D eigenvalue weighted by Gasteiger charge is 2.25. The highest BCUT2D eigenvalue weighted by molar-refractivity contribution is 7.91. The van der Waals surface area contributed by atoms with Gasteiger partial charge in [-0.05, 0) is 39.2 Å². The van der Waals surface area contributed by atoms with Crippen molar-refractivity contribution in [3.8, 4) is 0 Å². The summed E-state index contributed by atoms with van der Waals surface area (Å²) in [6.07, 6.45) is 2.91. The maximum atomic E-state index is 11.3. The van der Waals surface area contributed by atoms with Crippen molar-refractivity contribution in [2.45, 2.75) is 32.2 Å². The third-order valence-electron chi connectivity index (χ3n) is 2.74. The SMILES string of the molecule is CNC(C)CC1CCCS(=O)(=O)C1. The van der Waals surface area contributed by atoms with Crippen molar-refractivity contribution in [2.75, 3.05) is 18.6 Å². The van der Waals surface area contributed by atoms with Gasteiger partial charge in [-0.15, -0.1) is 0 Å². The third kappa shape index (κ3) is 3.65. The van der Waals surface area contributed by atoms with Crippen molar-refractivity contribution in [3.05, 3.63) is 0 Å². The average molecular weight is 205 g/mol. The second-order valence-corrected chi connectivity index (χ2v) is 6.28. The zero-order valence-electron chi connectivity index (χ0n) is 8.41. The zero-order valence-corrected chi connectivity index (χ0v) is 9.23. The van der Waals surface area contributed by atoms with Crippen molar-refractivity contribution < 1.29 is 8.42 Å². The number of nitrogens with one attached hydrogen (secondary N) is 1. The summed E-state index contributed by atoms with van der Waals surface area (Å²) in [5, 5.41) is 3.14. The highest BCUT2D eigenvalue weighted by Crippen LogP contribution is 2.22. The molecule has 13 heavy (non-hydrogen) atoms. The molecular weight excluding hydrogens is 186 g/mol. The lowest BCUT2D eigenvalue weighted by Crippen LogP contribution is -2.31. The molecule has 78 valence electrons. The molecule has 1 aliphatic rings. The topological polar surface area (TPSA) is 46.2 Å². The lowest BCUT2D eigenvalue weighted by atomic mass is 9.97.